The number of para-hydroxylation sites is 1. The van der Waals surface area contributed by atoms with Crippen LogP contribution >= 0.6 is 0 Å². The Hall–Kier alpha value is -3.34. The molecule has 1 aromatic heterocycles. The number of benzene rings is 1. The Morgan fingerprint density at radius 2 is 1.84 bits per heavy atom. The van der Waals surface area contributed by atoms with E-state index in [0.717, 1.165) is 22.8 Å². The summed E-state index contributed by atoms with van der Waals surface area (Å²) in [4.78, 5) is 46.8. The van der Waals surface area contributed by atoms with Crippen LogP contribution in [0.3, 0.4) is 0 Å². The quantitative estimate of drug-likeness (QED) is 0.172. The number of aliphatic hydroxyl groups is 3. The van der Waals surface area contributed by atoms with E-state index < -0.39 is 72.9 Å². The number of ether oxygens (including phenoxy) is 5. The summed E-state index contributed by atoms with van der Waals surface area (Å²) in [7, 11) is 6.77. The average Bonchev–Trinajstić information content (AvgIpc) is 3.15. The molecule has 56 heavy (non-hydrogen) atoms. The number of fused-ring (bicyclic) bond motifs is 1. The van der Waals surface area contributed by atoms with Crippen molar-refractivity contribution in [3.05, 3.63) is 54.2 Å². The van der Waals surface area contributed by atoms with Gasteiger partial charge in [-0.3, -0.25) is 14.6 Å². The smallest absolute Gasteiger partial charge is 0.309 e. The largest absolute Gasteiger partial charge is 0.466 e. The number of methoxy groups -OCH3 is 1. The van der Waals surface area contributed by atoms with Crippen LogP contribution in [-0.4, -0.2) is 151 Å². The lowest BCUT2D eigenvalue weighted by atomic mass is 9.82. The molecular weight excluding hydrogens is 722 g/mol. The number of hydrogen-bond acceptors (Lipinski definition) is 14. The molecule has 2 saturated heterocycles. The third kappa shape index (κ3) is 12.3. The second-order valence-electron chi connectivity index (χ2n) is 15.6. The Morgan fingerprint density at radius 1 is 1.09 bits per heavy atom. The number of carbonyl (C=O) groups excluding carboxylic acids is 3. The van der Waals surface area contributed by atoms with Gasteiger partial charge in [0.05, 0.1) is 49.0 Å². The van der Waals surface area contributed by atoms with E-state index in [1.165, 1.54) is 7.11 Å². The van der Waals surface area contributed by atoms with Crippen molar-refractivity contribution in [1.29, 1.82) is 0 Å². The molecule has 2 aliphatic rings. The van der Waals surface area contributed by atoms with E-state index in [1.807, 2.05) is 43.1 Å². The maximum Gasteiger partial charge on any atom is 0.309 e. The Bertz CT molecular complexity index is 1570. The van der Waals surface area contributed by atoms with Crippen LogP contribution < -0.4 is 0 Å². The molecule has 0 bridgehead atoms. The van der Waals surface area contributed by atoms with Crippen molar-refractivity contribution in [2.45, 2.75) is 114 Å². The highest BCUT2D eigenvalue weighted by atomic mass is 16.7. The molecule has 1 aromatic carbocycles. The molecule has 3 heterocycles. The first-order valence-corrected chi connectivity index (χ1v) is 19.8. The first-order chi connectivity index (χ1) is 26.8. The first kappa shape index (κ1) is 45.4. The van der Waals surface area contributed by atoms with Gasteiger partial charge in [-0.25, -0.2) is 0 Å². The van der Waals surface area contributed by atoms with Crippen molar-refractivity contribution in [2.75, 3.05) is 47.9 Å². The van der Waals surface area contributed by atoms with Crippen LogP contribution in [0, 0.1) is 17.8 Å². The third-order valence-electron chi connectivity index (χ3n) is 11.1. The Balaban J connectivity index is 1.64. The van der Waals surface area contributed by atoms with Crippen LogP contribution in [0.2, 0.25) is 0 Å². The monoisotopic (exact) mass is 785 g/mol. The van der Waals surface area contributed by atoms with Gasteiger partial charge < -0.3 is 53.6 Å². The summed E-state index contributed by atoms with van der Waals surface area (Å²) >= 11 is 0. The second-order valence-corrected chi connectivity index (χ2v) is 15.6. The zero-order chi connectivity index (χ0) is 40.9. The van der Waals surface area contributed by atoms with Gasteiger partial charge in [-0.05, 0) is 82.8 Å². The molecule has 0 aliphatic carbocycles. The van der Waals surface area contributed by atoms with Gasteiger partial charge in [0.1, 0.15) is 24.6 Å². The van der Waals surface area contributed by atoms with Crippen molar-refractivity contribution in [3.8, 4) is 0 Å². The first-order valence-electron chi connectivity index (χ1n) is 19.8. The summed E-state index contributed by atoms with van der Waals surface area (Å²) in [6.07, 6.45) is -0.697. The number of aromatic nitrogens is 1. The lowest BCUT2D eigenvalue weighted by molar-refractivity contribution is -0.310. The van der Waals surface area contributed by atoms with Gasteiger partial charge >= 0.3 is 11.9 Å². The van der Waals surface area contributed by atoms with Crippen LogP contribution in [-0.2, 0) is 44.5 Å². The van der Waals surface area contributed by atoms with Gasteiger partial charge in [-0.2, -0.15) is 0 Å². The zero-order valence-corrected chi connectivity index (χ0v) is 33.9. The van der Waals surface area contributed by atoms with Gasteiger partial charge in [0.15, 0.2) is 6.29 Å². The van der Waals surface area contributed by atoms with Crippen LogP contribution in [0.4, 0.5) is 0 Å². The minimum Gasteiger partial charge on any atom is -0.466 e. The van der Waals surface area contributed by atoms with Gasteiger partial charge in [-0.15, -0.1) is 0 Å². The number of rotatable bonds is 11. The molecule has 2 aromatic rings. The maximum atomic E-state index is 13.5. The molecule has 2 aliphatic heterocycles. The van der Waals surface area contributed by atoms with E-state index in [2.05, 4.69) is 23.2 Å². The third-order valence-corrected chi connectivity index (χ3v) is 11.1. The van der Waals surface area contributed by atoms with Gasteiger partial charge in [0, 0.05) is 44.6 Å². The number of pyridine rings is 1. The summed E-state index contributed by atoms with van der Waals surface area (Å²) in [6, 6.07) is 9.25. The van der Waals surface area contributed by atoms with Crippen LogP contribution in [0.25, 0.3) is 10.9 Å². The van der Waals surface area contributed by atoms with Crippen molar-refractivity contribution in [1.82, 2.24) is 14.8 Å². The maximum absolute atomic E-state index is 13.5. The fraction of sp³-hybridized carbons (Fsp3) is 0.667. The molecule has 12 atom stereocenters. The SMILES string of the molecule is CCC(=O)O[C@@H]1CC(=O)OCCC(/C=C/Cc2ccnc3ccccc23)CN(C)C[C@H](O)[C@H](C)C[C@H](CC=O)[C@H](O[C@@H]2OC(C)[C@@H](O)C(N(C)C)C2O)[C@H]1OC. The number of carbonyl (C=O) groups is 3. The molecule has 2 fully saturated rings. The number of hydrogen-bond donors (Lipinski definition) is 3. The standard InChI is InChI=1S/C42H63N3O11/c1-8-35(48)55-34-23-36(49)53-21-18-28(12-11-13-29-16-19-43-32-15-10-9-14-31(29)32)24-45(6)25-33(47)26(2)22-30(17-20-46)40(41(34)52-7)56-42-39(51)37(44(4)5)38(50)27(3)54-42/h9-12,14-16,19-20,26-28,30,33-34,37-42,47,50-51H,8,13,17-18,21-25H2,1-7H3/b12-11+/t26-,27?,28?,30+,33+,34-,37?,38-,39?,40+,41+,42+/m1/s1. The molecule has 0 spiro atoms. The van der Waals surface area contributed by atoms with Crippen molar-refractivity contribution >= 4 is 29.1 Å². The van der Waals surface area contributed by atoms with E-state index >= 15 is 0 Å². The molecule has 0 amide bonds. The number of allylic oxidation sites excluding steroid dienone is 1. The highest BCUT2D eigenvalue weighted by Gasteiger charge is 2.48. The number of cyclic esters (lactones) is 1. The average molecular weight is 786 g/mol. The Kier molecular flexibility index (Phi) is 17.8. The highest BCUT2D eigenvalue weighted by molar-refractivity contribution is 5.82. The van der Waals surface area contributed by atoms with Crippen LogP contribution in [0.15, 0.2) is 48.7 Å². The summed E-state index contributed by atoms with van der Waals surface area (Å²) in [5.41, 5.74) is 2.07. The van der Waals surface area contributed by atoms with Crippen molar-refractivity contribution < 1.29 is 53.4 Å². The van der Waals surface area contributed by atoms with Crippen molar-refractivity contribution in [3.63, 3.8) is 0 Å². The topological polar surface area (TPSA) is 177 Å². The summed E-state index contributed by atoms with van der Waals surface area (Å²) in [5, 5.41) is 35.0. The molecule has 14 nitrogen and oxygen atoms in total. The summed E-state index contributed by atoms with van der Waals surface area (Å²) in [5.74, 6) is -2.20. The zero-order valence-electron chi connectivity index (χ0n) is 33.9. The van der Waals surface area contributed by atoms with E-state index in [-0.39, 0.29) is 44.1 Å². The second kappa shape index (κ2) is 22.0. The molecule has 14 heteroatoms. The number of aliphatic hydroxyl groups excluding tert-OH is 3. The fourth-order valence-electron chi connectivity index (χ4n) is 7.94. The lowest BCUT2D eigenvalue weighted by Crippen LogP contribution is -2.63. The minimum atomic E-state index is -1.32. The van der Waals surface area contributed by atoms with E-state index in [0.29, 0.717) is 25.9 Å². The van der Waals surface area contributed by atoms with Crippen LogP contribution in [0.1, 0.15) is 58.4 Å². The summed E-state index contributed by atoms with van der Waals surface area (Å²) in [6.45, 7) is 6.19. The van der Waals surface area contributed by atoms with E-state index in [1.54, 1.807) is 39.0 Å². The van der Waals surface area contributed by atoms with E-state index in [9.17, 15) is 29.7 Å². The predicted octanol–water partition coefficient (Wildman–Crippen LogP) is 2.93. The van der Waals surface area contributed by atoms with Crippen LogP contribution in [0.5, 0.6) is 0 Å². The molecule has 3 N–H and O–H groups in total. The minimum absolute atomic E-state index is 0.0221. The molecular formula is C42H63N3O11. The van der Waals surface area contributed by atoms with Gasteiger partial charge in [-0.1, -0.05) is 44.2 Å². The molecule has 0 saturated carbocycles. The number of β-amino-alcohol motifs (C(OH)–C–C–N with tert-alkyl or cyclic N) is 1. The Labute approximate surface area is 331 Å². The van der Waals surface area contributed by atoms with Gasteiger partial charge in [0.2, 0.25) is 0 Å². The highest BCUT2D eigenvalue weighted by Crippen LogP contribution is 2.34. The summed E-state index contributed by atoms with van der Waals surface area (Å²) < 4.78 is 30.2. The predicted molar refractivity (Wildman–Crippen MR) is 209 cm³/mol. The van der Waals surface area contributed by atoms with E-state index in [4.69, 9.17) is 23.7 Å². The fourth-order valence-corrected chi connectivity index (χ4v) is 7.94. The number of esters is 2. The molecule has 4 unspecified atom stereocenters. The normalized spacial score (nSPS) is 33.4. The number of nitrogens with zero attached hydrogens (tertiary/aromatic N) is 3. The Morgan fingerprint density at radius 3 is 2.54 bits per heavy atom. The molecule has 4 rings (SSSR count). The molecule has 312 valence electrons. The lowest BCUT2D eigenvalue weighted by Gasteiger charge is -2.47. The van der Waals surface area contributed by atoms with Gasteiger partial charge in [0.25, 0.3) is 0 Å². The van der Waals surface area contributed by atoms with Crippen molar-refractivity contribution in [2.24, 2.45) is 17.8 Å². The molecule has 0 radical (unpaired) electrons. The number of aldehydes is 1. The number of likely N-dealkylation sites (N-methyl/N-ethyl adjacent to an activating group) is 2.